The highest BCUT2D eigenvalue weighted by atomic mass is 19.4. The highest BCUT2D eigenvalue weighted by molar-refractivity contribution is 5.91. The fourth-order valence-electron chi connectivity index (χ4n) is 4.52. The topological polar surface area (TPSA) is 83.2 Å². The van der Waals surface area contributed by atoms with Gasteiger partial charge in [0.25, 0.3) is 0 Å². The van der Waals surface area contributed by atoms with Gasteiger partial charge in [0.15, 0.2) is 0 Å². The van der Waals surface area contributed by atoms with Gasteiger partial charge >= 0.3 is 6.18 Å². The quantitative estimate of drug-likeness (QED) is 0.365. The van der Waals surface area contributed by atoms with Crippen molar-refractivity contribution in [1.29, 1.82) is 0 Å². The molecule has 1 fully saturated rings. The van der Waals surface area contributed by atoms with Gasteiger partial charge in [-0.25, -0.2) is 4.98 Å². The molecule has 1 aromatic carbocycles. The van der Waals surface area contributed by atoms with Crippen molar-refractivity contribution in [3.05, 3.63) is 82.9 Å². The maximum Gasteiger partial charge on any atom is 0.416 e. The van der Waals surface area contributed by atoms with E-state index in [1.165, 1.54) is 0 Å². The number of fused-ring (bicyclic) bond motifs is 1. The number of aromatic nitrogens is 3. The summed E-state index contributed by atoms with van der Waals surface area (Å²) in [5, 5.41) is 3.85. The Hall–Kier alpha value is -4.20. The first kappa shape index (κ1) is 26.4. The average molecular weight is 532 g/mol. The molecule has 0 aliphatic carbocycles. The fraction of sp³-hybridized carbons (Fsp3) is 0.276. The number of nitrogens with one attached hydrogen (secondary N) is 1. The van der Waals surface area contributed by atoms with Crippen molar-refractivity contribution in [2.24, 2.45) is 0 Å². The molecule has 3 aromatic heterocycles. The third-order valence-electron chi connectivity index (χ3n) is 6.79. The number of anilines is 3. The number of rotatable bonds is 4. The van der Waals surface area contributed by atoms with Crippen LogP contribution in [0.1, 0.15) is 27.9 Å². The maximum absolute atomic E-state index is 14.0. The number of aryl methyl sites for hydroxylation is 1. The maximum atomic E-state index is 14.0. The third kappa shape index (κ3) is 6.11. The molecule has 0 radical (unpaired) electrons. The van der Waals surface area contributed by atoms with Gasteiger partial charge in [0.05, 0.1) is 28.7 Å². The summed E-state index contributed by atoms with van der Waals surface area (Å²) in [5.41, 5.74) is 8.99. The predicted octanol–water partition coefficient (Wildman–Crippen LogP) is 4.83. The van der Waals surface area contributed by atoms with Gasteiger partial charge < -0.3 is 16.0 Å². The van der Waals surface area contributed by atoms with Crippen LogP contribution in [0, 0.1) is 18.8 Å². The Morgan fingerprint density at radius 1 is 0.949 bits per heavy atom. The number of likely N-dealkylation sites (N-methyl/N-ethyl adjacent to an activating group) is 1. The zero-order chi connectivity index (χ0) is 27.6. The summed E-state index contributed by atoms with van der Waals surface area (Å²) >= 11 is 0. The first-order chi connectivity index (χ1) is 18.7. The molecule has 1 aliphatic heterocycles. The van der Waals surface area contributed by atoms with E-state index < -0.39 is 11.7 Å². The number of halogens is 3. The van der Waals surface area contributed by atoms with Crippen LogP contribution in [0.3, 0.4) is 0 Å². The van der Waals surface area contributed by atoms with E-state index in [0.717, 1.165) is 37.6 Å². The van der Waals surface area contributed by atoms with Crippen LogP contribution in [0.5, 0.6) is 0 Å². The lowest BCUT2D eigenvalue weighted by molar-refractivity contribution is -0.138. The number of hydrogen-bond acceptors (Lipinski definition) is 7. The van der Waals surface area contributed by atoms with Crippen LogP contribution in [0.15, 0.2) is 55.0 Å². The number of benzene rings is 1. The Morgan fingerprint density at radius 2 is 1.72 bits per heavy atom. The molecule has 0 bridgehead atoms. The zero-order valence-electron chi connectivity index (χ0n) is 21.7. The number of nitrogens with two attached hydrogens (primary N) is 1. The first-order valence-electron chi connectivity index (χ1n) is 12.5. The van der Waals surface area contributed by atoms with Crippen molar-refractivity contribution < 1.29 is 13.2 Å². The summed E-state index contributed by atoms with van der Waals surface area (Å²) in [4.78, 5) is 17.1. The second kappa shape index (κ2) is 10.9. The molecule has 4 aromatic rings. The summed E-state index contributed by atoms with van der Waals surface area (Å²) in [5.74, 6) is 6.55. The summed E-state index contributed by atoms with van der Waals surface area (Å²) in [7, 11) is 2.02. The number of pyridine rings is 3. The highest BCUT2D eigenvalue weighted by Crippen LogP contribution is 2.35. The molecule has 39 heavy (non-hydrogen) atoms. The van der Waals surface area contributed by atoms with Crippen LogP contribution in [0.4, 0.5) is 30.4 Å². The van der Waals surface area contributed by atoms with E-state index in [0.29, 0.717) is 39.5 Å². The SMILES string of the molecule is Cc1ncc(Nc2ccc(CN3CCN(C)CC3)c(C(F)(F)F)c2)cc1C#Cc1cnc(N)c2ncccc12. The monoisotopic (exact) mass is 531 g/mol. The first-order valence-corrected chi connectivity index (χ1v) is 12.5. The van der Waals surface area contributed by atoms with E-state index in [1.54, 1.807) is 42.9 Å². The molecule has 0 unspecified atom stereocenters. The summed E-state index contributed by atoms with van der Waals surface area (Å²) in [6, 6.07) is 9.83. The molecular weight excluding hydrogens is 503 g/mol. The minimum absolute atomic E-state index is 0.263. The lowest BCUT2D eigenvalue weighted by Gasteiger charge is -2.33. The Kier molecular flexibility index (Phi) is 7.37. The van der Waals surface area contributed by atoms with Crippen molar-refractivity contribution >= 4 is 28.1 Å². The van der Waals surface area contributed by atoms with Crippen molar-refractivity contribution in [1.82, 2.24) is 24.8 Å². The Labute approximate surface area is 224 Å². The fourth-order valence-corrected chi connectivity index (χ4v) is 4.52. The van der Waals surface area contributed by atoms with Crippen LogP contribution < -0.4 is 11.1 Å². The standard InChI is InChI=1S/C29H28F3N7/c1-19-20(5-6-21-16-36-28(33)27-25(21)4-3-9-34-27)14-24(17-35-19)37-23-8-7-22(26(15-23)29(30,31)32)18-39-12-10-38(2)11-13-39/h3-4,7-9,14-17,37H,10-13,18H2,1-2H3,(H2,33,36). The number of hydrogen-bond donors (Lipinski definition) is 2. The van der Waals surface area contributed by atoms with E-state index in [1.807, 2.05) is 20.0 Å². The van der Waals surface area contributed by atoms with Gasteiger partial charge in [-0.05, 0) is 49.9 Å². The van der Waals surface area contributed by atoms with Crippen LogP contribution >= 0.6 is 0 Å². The second-order valence-corrected chi connectivity index (χ2v) is 9.64. The molecule has 200 valence electrons. The number of nitrogens with zero attached hydrogens (tertiary/aromatic N) is 5. The van der Waals surface area contributed by atoms with Crippen molar-refractivity contribution in [3.8, 4) is 11.8 Å². The Bertz CT molecular complexity index is 1570. The molecule has 0 saturated carbocycles. The van der Waals surface area contributed by atoms with Gasteiger partial charge in [0, 0.05) is 61.8 Å². The van der Waals surface area contributed by atoms with E-state index in [4.69, 9.17) is 5.73 Å². The molecule has 3 N–H and O–H groups in total. The van der Waals surface area contributed by atoms with Gasteiger partial charge in [-0.1, -0.05) is 17.9 Å². The van der Waals surface area contributed by atoms with Crippen LogP contribution in [0.2, 0.25) is 0 Å². The molecule has 1 aliphatic rings. The predicted molar refractivity (Wildman–Crippen MR) is 146 cm³/mol. The molecule has 0 atom stereocenters. The Morgan fingerprint density at radius 3 is 2.49 bits per heavy atom. The number of alkyl halides is 3. The number of piperazine rings is 1. The smallest absolute Gasteiger partial charge is 0.382 e. The van der Waals surface area contributed by atoms with Crippen molar-refractivity contribution in [2.75, 3.05) is 44.3 Å². The second-order valence-electron chi connectivity index (χ2n) is 9.64. The molecular formula is C29H28F3N7. The van der Waals surface area contributed by atoms with Crippen LogP contribution in [-0.2, 0) is 12.7 Å². The van der Waals surface area contributed by atoms with Crippen LogP contribution in [-0.4, -0.2) is 58.0 Å². The highest BCUT2D eigenvalue weighted by Gasteiger charge is 2.34. The summed E-state index contributed by atoms with van der Waals surface area (Å²) in [6.07, 6.45) is 0.353. The summed E-state index contributed by atoms with van der Waals surface area (Å²) < 4.78 is 42.0. The average Bonchev–Trinajstić information content (AvgIpc) is 2.91. The molecule has 10 heteroatoms. The third-order valence-corrected chi connectivity index (χ3v) is 6.79. The van der Waals surface area contributed by atoms with Gasteiger partial charge in [0.2, 0.25) is 0 Å². The van der Waals surface area contributed by atoms with Crippen molar-refractivity contribution in [3.63, 3.8) is 0 Å². The number of nitrogen functional groups attached to an aromatic ring is 1. The minimum Gasteiger partial charge on any atom is -0.382 e. The minimum atomic E-state index is -4.47. The Balaban J connectivity index is 1.40. The molecule has 1 saturated heterocycles. The van der Waals surface area contributed by atoms with E-state index in [-0.39, 0.29) is 12.1 Å². The van der Waals surface area contributed by atoms with E-state index in [9.17, 15) is 13.2 Å². The van der Waals surface area contributed by atoms with Gasteiger partial charge in [0.1, 0.15) is 11.3 Å². The zero-order valence-corrected chi connectivity index (χ0v) is 21.7. The molecule has 0 amide bonds. The van der Waals surface area contributed by atoms with E-state index in [2.05, 4.69) is 41.9 Å². The van der Waals surface area contributed by atoms with Crippen molar-refractivity contribution in [2.45, 2.75) is 19.6 Å². The van der Waals surface area contributed by atoms with Crippen LogP contribution in [0.25, 0.3) is 10.9 Å². The summed E-state index contributed by atoms with van der Waals surface area (Å²) in [6.45, 7) is 5.25. The lowest BCUT2D eigenvalue weighted by atomic mass is 10.0. The molecule has 7 nitrogen and oxygen atoms in total. The largest absolute Gasteiger partial charge is 0.416 e. The van der Waals surface area contributed by atoms with Gasteiger partial charge in [-0.2, -0.15) is 13.2 Å². The van der Waals surface area contributed by atoms with E-state index >= 15 is 0 Å². The lowest BCUT2D eigenvalue weighted by Crippen LogP contribution is -2.44. The molecule has 0 spiro atoms. The van der Waals surface area contributed by atoms with Gasteiger partial charge in [-0.15, -0.1) is 0 Å². The molecule has 4 heterocycles. The molecule has 5 rings (SSSR count). The normalized spacial score (nSPS) is 14.7. The van der Waals surface area contributed by atoms with Gasteiger partial charge in [-0.3, -0.25) is 14.9 Å².